The van der Waals surface area contributed by atoms with E-state index in [2.05, 4.69) is 15.7 Å². The molecule has 1 aliphatic heterocycles. The summed E-state index contributed by atoms with van der Waals surface area (Å²) in [6, 6.07) is 3.42. The number of aromatic nitrogens is 2. The molecule has 0 fully saturated rings. The number of halogens is 1. The van der Waals surface area contributed by atoms with E-state index in [1.165, 1.54) is 0 Å². The smallest absolute Gasteiger partial charge is 0.315 e. The van der Waals surface area contributed by atoms with Gasteiger partial charge in [0.25, 0.3) is 0 Å². The molecule has 0 saturated carbocycles. The minimum absolute atomic E-state index is 0.0342. The molecule has 1 unspecified atom stereocenters. The zero-order chi connectivity index (χ0) is 20.1. The molecule has 1 aromatic heterocycles. The Balaban J connectivity index is 1.55. The summed E-state index contributed by atoms with van der Waals surface area (Å²) in [7, 11) is 5.81. The van der Waals surface area contributed by atoms with Gasteiger partial charge in [-0.25, -0.2) is 4.79 Å². The summed E-state index contributed by atoms with van der Waals surface area (Å²) in [6.45, 7) is 1.96. The maximum Gasteiger partial charge on any atom is 0.315 e. The lowest BCUT2D eigenvalue weighted by Crippen LogP contribution is -2.40. The number of carbonyl (C=O) groups excluding carboxylic acids is 1. The third kappa shape index (κ3) is 5.08. The van der Waals surface area contributed by atoms with Gasteiger partial charge in [-0.2, -0.15) is 5.10 Å². The van der Waals surface area contributed by atoms with Crippen LogP contribution in [0, 0.1) is 0 Å². The van der Waals surface area contributed by atoms with Crippen LogP contribution in [0.3, 0.4) is 0 Å². The van der Waals surface area contributed by atoms with E-state index in [9.17, 15) is 4.79 Å². The average Bonchev–Trinajstić information content (AvgIpc) is 2.92. The summed E-state index contributed by atoms with van der Waals surface area (Å²) in [5.74, 6) is 1.18. The van der Waals surface area contributed by atoms with Gasteiger partial charge in [0.15, 0.2) is 11.5 Å². The van der Waals surface area contributed by atoms with Crippen molar-refractivity contribution >= 4 is 17.6 Å². The van der Waals surface area contributed by atoms with E-state index in [-0.39, 0.29) is 12.1 Å². The molecular weight excluding hydrogens is 382 g/mol. The highest BCUT2D eigenvalue weighted by Crippen LogP contribution is 2.37. The first-order valence-electron chi connectivity index (χ1n) is 9.18. The van der Waals surface area contributed by atoms with Crippen LogP contribution in [0.15, 0.2) is 24.5 Å². The number of ether oxygens (including phenoxy) is 2. The van der Waals surface area contributed by atoms with E-state index < -0.39 is 0 Å². The van der Waals surface area contributed by atoms with Crippen molar-refractivity contribution in [2.45, 2.75) is 19.0 Å². The second kappa shape index (κ2) is 9.16. The van der Waals surface area contributed by atoms with Gasteiger partial charge in [0.05, 0.1) is 30.5 Å². The topological polar surface area (TPSA) is 80.7 Å². The Morgan fingerprint density at radius 2 is 2.11 bits per heavy atom. The van der Waals surface area contributed by atoms with Crippen molar-refractivity contribution in [3.63, 3.8) is 0 Å². The van der Waals surface area contributed by atoms with E-state index in [4.69, 9.17) is 21.1 Å². The molecule has 1 atom stereocenters. The minimum atomic E-state index is -0.251. The molecule has 2 N–H and O–H groups in total. The summed E-state index contributed by atoms with van der Waals surface area (Å²) in [5.41, 5.74) is 1.89. The highest BCUT2D eigenvalue weighted by molar-refractivity contribution is 6.32. The zero-order valence-electron chi connectivity index (χ0n) is 16.4. The SMILES string of the molecule is CN(C)C(CNC(=O)NCc1cc(Cl)c2c(c1)OCCCO2)c1cnn(C)c1. The Morgan fingerprint density at radius 1 is 1.32 bits per heavy atom. The molecule has 1 aromatic carbocycles. The molecule has 0 aliphatic carbocycles. The van der Waals surface area contributed by atoms with Gasteiger partial charge in [-0.3, -0.25) is 4.68 Å². The van der Waals surface area contributed by atoms with Gasteiger partial charge in [0.2, 0.25) is 0 Å². The average molecular weight is 408 g/mol. The molecule has 28 heavy (non-hydrogen) atoms. The van der Waals surface area contributed by atoms with Gasteiger partial charge in [-0.05, 0) is 31.8 Å². The number of aryl methyl sites for hydroxylation is 1. The van der Waals surface area contributed by atoms with Crippen molar-refractivity contribution in [3.8, 4) is 11.5 Å². The fraction of sp³-hybridized carbons (Fsp3) is 0.474. The summed E-state index contributed by atoms with van der Waals surface area (Å²) < 4.78 is 13.1. The number of likely N-dealkylation sites (N-methyl/N-ethyl adjacent to an activating group) is 1. The second-order valence-corrected chi connectivity index (χ2v) is 7.35. The standard InChI is InChI=1S/C19H26ClN5O3/c1-24(2)16(14-10-23-25(3)12-14)11-22-19(26)21-9-13-7-15(20)18-17(8-13)27-5-4-6-28-18/h7-8,10,12,16H,4-6,9,11H2,1-3H3,(H2,21,22,26). The first kappa shape index (κ1) is 20.3. The largest absolute Gasteiger partial charge is 0.489 e. The van der Waals surface area contributed by atoms with Gasteiger partial charge >= 0.3 is 6.03 Å². The number of nitrogens with zero attached hydrogens (tertiary/aromatic N) is 3. The maximum atomic E-state index is 12.3. The number of nitrogens with one attached hydrogen (secondary N) is 2. The van der Waals surface area contributed by atoms with E-state index >= 15 is 0 Å². The molecule has 2 heterocycles. The van der Waals surface area contributed by atoms with Crippen molar-refractivity contribution in [1.29, 1.82) is 0 Å². The van der Waals surface area contributed by atoms with E-state index in [0.29, 0.717) is 42.8 Å². The van der Waals surface area contributed by atoms with E-state index in [0.717, 1.165) is 17.5 Å². The number of hydrogen-bond acceptors (Lipinski definition) is 5. The molecule has 2 amide bonds. The van der Waals surface area contributed by atoms with Gasteiger partial charge < -0.3 is 25.0 Å². The Bertz CT molecular complexity index is 824. The third-order valence-electron chi connectivity index (χ3n) is 4.50. The molecule has 8 nitrogen and oxygen atoms in total. The van der Waals surface area contributed by atoms with Crippen molar-refractivity contribution in [1.82, 2.24) is 25.3 Å². The van der Waals surface area contributed by atoms with Crippen molar-refractivity contribution < 1.29 is 14.3 Å². The predicted molar refractivity (Wildman–Crippen MR) is 107 cm³/mol. The lowest BCUT2D eigenvalue weighted by molar-refractivity contribution is 0.232. The van der Waals surface area contributed by atoms with Crippen LogP contribution in [0.1, 0.15) is 23.6 Å². The first-order valence-corrected chi connectivity index (χ1v) is 9.56. The Morgan fingerprint density at radius 3 is 2.82 bits per heavy atom. The molecule has 0 radical (unpaired) electrons. The number of amides is 2. The van der Waals surface area contributed by atoms with Crippen molar-refractivity contribution in [2.24, 2.45) is 7.05 Å². The molecule has 2 aromatic rings. The Labute approximate surface area is 169 Å². The summed E-state index contributed by atoms with van der Waals surface area (Å²) in [4.78, 5) is 14.3. The van der Waals surface area contributed by atoms with Gasteiger partial charge in [0.1, 0.15) is 0 Å². The molecule has 9 heteroatoms. The predicted octanol–water partition coefficient (Wildman–Crippen LogP) is 2.34. The monoisotopic (exact) mass is 407 g/mol. The van der Waals surface area contributed by atoms with Gasteiger partial charge in [-0.15, -0.1) is 0 Å². The van der Waals surface area contributed by atoms with Crippen LogP contribution in [0.4, 0.5) is 4.79 Å². The number of rotatable bonds is 6. The molecule has 1 aliphatic rings. The number of hydrogen-bond donors (Lipinski definition) is 2. The Hall–Kier alpha value is -2.45. The highest BCUT2D eigenvalue weighted by Gasteiger charge is 2.18. The van der Waals surface area contributed by atoms with Crippen molar-refractivity contribution in [2.75, 3.05) is 33.9 Å². The Kier molecular flexibility index (Phi) is 6.64. The molecule has 0 bridgehead atoms. The minimum Gasteiger partial charge on any atom is -0.489 e. The molecule has 3 rings (SSSR count). The van der Waals surface area contributed by atoms with Crippen LogP contribution >= 0.6 is 11.6 Å². The molecular formula is C19H26ClN5O3. The van der Waals surface area contributed by atoms with Gasteiger partial charge in [0, 0.05) is 38.3 Å². The van der Waals surface area contributed by atoms with Crippen LogP contribution in [-0.4, -0.2) is 54.6 Å². The van der Waals surface area contributed by atoms with Crippen molar-refractivity contribution in [3.05, 3.63) is 40.7 Å². The normalized spacial score (nSPS) is 14.5. The van der Waals surface area contributed by atoms with Crippen LogP contribution in [0.5, 0.6) is 11.5 Å². The van der Waals surface area contributed by atoms with Crippen LogP contribution in [-0.2, 0) is 13.6 Å². The van der Waals surface area contributed by atoms with Crippen LogP contribution in [0.25, 0.3) is 0 Å². The summed E-state index contributed by atoms with van der Waals surface area (Å²) >= 11 is 6.30. The third-order valence-corrected chi connectivity index (χ3v) is 4.78. The molecule has 152 valence electrons. The molecule has 0 saturated heterocycles. The van der Waals surface area contributed by atoms with Crippen LogP contribution < -0.4 is 20.1 Å². The maximum absolute atomic E-state index is 12.3. The highest BCUT2D eigenvalue weighted by atomic mass is 35.5. The fourth-order valence-electron chi connectivity index (χ4n) is 3.03. The summed E-state index contributed by atoms with van der Waals surface area (Å²) in [5, 5.41) is 10.5. The lowest BCUT2D eigenvalue weighted by Gasteiger charge is -2.23. The summed E-state index contributed by atoms with van der Waals surface area (Å²) in [6.07, 6.45) is 4.57. The number of benzene rings is 1. The lowest BCUT2D eigenvalue weighted by atomic mass is 10.1. The van der Waals surface area contributed by atoms with E-state index in [1.54, 1.807) is 10.7 Å². The van der Waals surface area contributed by atoms with Crippen LogP contribution in [0.2, 0.25) is 5.02 Å². The fourth-order valence-corrected chi connectivity index (χ4v) is 3.32. The number of fused-ring (bicyclic) bond motifs is 1. The molecule has 0 spiro atoms. The zero-order valence-corrected chi connectivity index (χ0v) is 17.1. The number of urea groups is 1. The van der Waals surface area contributed by atoms with E-state index in [1.807, 2.05) is 44.5 Å². The van der Waals surface area contributed by atoms with Gasteiger partial charge in [-0.1, -0.05) is 11.6 Å². The number of carbonyl (C=O) groups is 1. The quantitative estimate of drug-likeness (QED) is 0.768. The second-order valence-electron chi connectivity index (χ2n) is 6.95. The first-order chi connectivity index (χ1) is 13.4.